The number of likely N-dealkylation sites (tertiary alicyclic amines) is 1. The molecule has 0 unspecified atom stereocenters. The summed E-state index contributed by atoms with van der Waals surface area (Å²) in [6.45, 7) is 6.06. The maximum Gasteiger partial charge on any atom is 0.326 e. The fourth-order valence-corrected chi connectivity index (χ4v) is 5.43. The highest BCUT2D eigenvalue weighted by Gasteiger charge is 2.16. The van der Waals surface area contributed by atoms with E-state index >= 15 is 0 Å². The third-order valence-corrected chi connectivity index (χ3v) is 7.13. The van der Waals surface area contributed by atoms with E-state index in [2.05, 4.69) is 4.99 Å². The molecule has 0 aliphatic carbocycles. The molecule has 1 aromatic carbocycles. The first-order chi connectivity index (χ1) is 16.0. The summed E-state index contributed by atoms with van der Waals surface area (Å²) in [6, 6.07) is 5.56. The topological polar surface area (TPSA) is 90.2 Å². The number of amides is 2. The van der Waals surface area contributed by atoms with Gasteiger partial charge in [0.25, 0.3) is 5.91 Å². The number of esters is 1. The molecule has 1 fully saturated rings. The Labute approximate surface area is 202 Å². The van der Waals surface area contributed by atoms with Crippen LogP contribution in [0, 0.1) is 0 Å². The summed E-state index contributed by atoms with van der Waals surface area (Å²) >= 11 is 2.60. The lowest BCUT2D eigenvalue weighted by atomic mass is 10.2. The number of ether oxygens (including phenoxy) is 2. The van der Waals surface area contributed by atoms with E-state index in [0.29, 0.717) is 11.4 Å². The van der Waals surface area contributed by atoms with Crippen LogP contribution >= 0.6 is 23.1 Å². The van der Waals surface area contributed by atoms with Crippen LogP contribution in [0.5, 0.6) is 5.75 Å². The van der Waals surface area contributed by atoms with Crippen LogP contribution in [0.1, 0.15) is 39.5 Å². The molecule has 0 bridgehead atoms. The van der Waals surface area contributed by atoms with Crippen LogP contribution in [0.4, 0.5) is 0 Å². The minimum atomic E-state index is -0.391. The molecule has 0 radical (unpaired) electrons. The summed E-state index contributed by atoms with van der Waals surface area (Å²) in [4.78, 5) is 43.7. The molecular weight excluding hydrogens is 462 g/mol. The molecule has 2 aromatic rings. The number of rotatable bonds is 9. The highest BCUT2D eigenvalue weighted by Crippen LogP contribution is 2.23. The summed E-state index contributed by atoms with van der Waals surface area (Å²) in [6.07, 6.45) is 4.42. The Bertz CT molecular complexity index is 1040. The van der Waals surface area contributed by atoms with Crippen molar-refractivity contribution in [3.63, 3.8) is 0 Å². The summed E-state index contributed by atoms with van der Waals surface area (Å²) in [5.41, 5.74) is 0.784. The largest absolute Gasteiger partial charge is 0.494 e. The molecule has 3 rings (SSSR count). The molecule has 0 spiro atoms. The quantitative estimate of drug-likeness (QED) is 0.498. The van der Waals surface area contributed by atoms with Crippen molar-refractivity contribution in [1.82, 2.24) is 9.47 Å². The second-order valence-electron chi connectivity index (χ2n) is 7.63. The molecule has 0 N–H and O–H groups in total. The first kappa shape index (κ1) is 25.3. The van der Waals surface area contributed by atoms with E-state index in [1.807, 2.05) is 30.0 Å². The van der Waals surface area contributed by atoms with Crippen molar-refractivity contribution in [2.45, 2.75) is 46.1 Å². The Morgan fingerprint density at radius 3 is 2.52 bits per heavy atom. The maximum atomic E-state index is 12.6. The van der Waals surface area contributed by atoms with Gasteiger partial charge >= 0.3 is 5.97 Å². The van der Waals surface area contributed by atoms with Gasteiger partial charge < -0.3 is 18.9 Å². The van der Waals surface area contributed by atoms with Crippen molar-refractivity contribution in [2.24, 2.45) is 4.99 Å². The van der Waals surface area contributed by atoms with Gasteiger partial charge in [-0.3, -0.25) is 14.4 Å². The fourth-order valence-electron chi connectivity index (χ4n) is 3.66. The number of aromatic nitrogens is 1. The lowest BCUT2D eigenvalue weighted by Crippen LogP contribution is -2.33. The van der Waals surface area contributed by atoms with E-state index < -0.39 is 5.97 Å². The maximum absolute atomic E-state index is 12.6. The summed E-state index contributed by atoms with van der Waals surface area (Å²) in [5, 5.41) is 0. The average Bonchev–Trinajstić information content (AvgIpc) is 2.95. The van der Waals surface area contributed by atoms with Gasteiger partial charge in [0.1, 0.15) is 12.3 Å². The average molecular weight is 494 g/mol. The van der Waals surface area contributed by atoms with Crippen molar-refractivity contribution in [3.05, 3.63) is 23.0 Å². The molecule has 10 heteroatoms. The number of carbonyl (C=O) groups excluding carboxylic acids is 3. The smallest absolute Gasteiger partial charge is 0.326 e. The van der Waals surface area contributed by atoms with Crippen LogP contribution < -0.4 is 9.54 Å². The molecule has 1 aromatic heterocycles. The second kappa shape index (κ2) is 12.8. The van der Waals surface area contributed by atoms with E-state index in [1.165, 1.54) is 35.9 Å². The zero-order valence-corrected chi connectivity index (χ0v) is 20.8. The number of nitrogens with zero attached hydrogens (tertiary/aromatic N) is 3. The number of fused-ring (bicyclic) bond motifs is 1. The Hall–Kier alpha value is -2.33. The molecule has 8 nitrogen and oxygen atoms in total. The highest BCUT2D eigenvalue weighted by molar-refractivity contribution is 8.00. The van der Waals surface area contributed by atoms with Gasteiger partial charge in [-0.1, -0.05) is 24.2 Å². The SMILES string of the molecule is CCOC(=O)Cn1c(=NC(=O)CSCC(=O)N2CCCCCC2)sc2cc(OCC)ccc21. The Kier molecular flexibility index (Phi) is 9.80. The Morgan fingerprint density at radius 1 is 1.06 bits per heavy atom. The first-order valence-corrected chi connectivity index (χ1v) is 13.3. The van der Waals surface area contributed by atoms with E-state index in [4.69, 9.17) is 9.47 Å². The van der Waals surface area contributed by atoms with Crippen molar-refractivity contribution in [1.29, 1.82) is 0 Å². The minimum Gasteiger partial charge on any atom is -0.494 e. The fraction of sp³-hybridized carbons (Fsp3) is 0.565. The molecule has 33 heavy (non-hydrogen) atoms. The molecule has 180 valence electrons. The minimum absolute atomic E-state index is 0.0332. The van der Waals surface area contributed by atoms with Gasteiger partial charge in [0, 0.05) is 13.1 Å². The van der Waals surface area contributed by atoms with E-state index in [1.54, 1.807) is 11.5 Å². The Morgan fingerprint density at radius 2 is 1.82 bits per heavy atom. The summed E-state index contributed by atoms with van der Waals surface area (Å²) < 4.78 is 13.2. The predicted octanol–water partition coefficient (Wildman–Crippen LogP) is 3.23. The number of benzene rings is 1. The zero-order chi connectivity index (χ0) is 23.6. The van der Waals surface area contributed by atoms with Crippen molar-refractivity contribution < 1.29 is 23.9 Å². The molecule has 1 saturated heterocycles. The summed E-state index contributed by atoms with van der Waals surface area (Å²) in [7, 11) is 0. The van der Waals surface area contributed by atoms with Gasteiger partial charge in [0.15, 0.2) is 4.80 Å². The zero-order valence-electron chi connectivity index (χ0n) is 19.2. The summed E-state index contributed by atoms with van der Waals surface area (Å²) in [5.74, 6) is 0.453. The second-order valence-corrected chi connectivity index (χ2v) is 9.63. The highest BCUT2D eigenvalue weighted by atomic mass is 32.2. The van der Waals surface area contributed by atoms with Gasteiger partial charge in [-0.15, -0.1) is 11.8 Å². The van der Waals surface area contributed by atoms with Gasteiger partial charge in [0.05, 0.1) is 34.9 Å². The van der Waals surface area contributed by atoms with Crippen molar-refractivity contribution >= 4 is 51.1 Å². The molecule has 1 aliphatic heterocycles. The molecular formula is C23H31N3O5S2. The number of hydrogen-bond acceptors (Lipinski definition) is 7. The van der Waals surface area contributed by atoms with Crippen LogP contribution in [0.25, 0.3) is 10.2 Å². The van der Waals surface area contributed by atoms with Crippen LogP contribution in [0.2, 0.25) is 0 Å². The van der Waals surface area contributed by atoms with Crippen LogP contribution in [-0.4, -0.2) is 65.1 Å². The normalized spacial score (nSPS) is 14.8. The number of carbonyl (C=O) groups is 3. The molecule has 0 atom stereocenters. The molecule has 1 aliphatic rings. The number of thioether (sulfide) groups is 1. The van der Waals surface area contributed by atoms with Crippen LogP contribution in [0.3, 0.4) is 0 Å². The molecule has 2 amide bonds. The monoisotopic (exact) mass is 493 g/mol. The third-order valence-electron chi connectivity index (χ3n) is 5.19. The van der Waals surface area contributed by atoms with Crippen molar-refractivity contribution in [2.75, 3.05) is 37.8 Å². The van der Waals surface area contributed by atoms with Gasteiger partial charge in [-0.2, -0.15) is 4.99 Å². The first-order valence-electron chi connectivity index (χ1n) is 11.4. The van der Waals surface area contributed by atoms with Crippen LogP contribution in [-0.2, 0) is 25.7 Å². The Balaban J connectivity index is 1.72. The van der Waals surface area contributed by atoms with E-state index in [-0.39, 0.29) is 36.5 Å². The third kappa shape index (κ3) is 7.33. The lowest BCUT2D eigenvalue weighted by molar-refractivity contribution is -0.143. The van der Waals surface area contributed by atoms with E-state index in [9.17, 15) is 14.4 Å². The van der Waals surface area contributed by atoms with Gasteiger partial charge in [0.2, 0.25) is 5.91 Å². The van der Waals surface area contributed by atoms with Crippen molar-refractivity contribution in [3.8, 4) is 5.75 Å². The van der Waals surface area contributed by atoms with Gasteiger partial charge in [-0.25, -0.2) is 0 Å². The standard InChI is InChI=1S/C23H31N3O5S2/c1-3-30-17-9-10-18-19(13-17)33-23(26(18)14-22(29)31-4-2)24-20(27)15-32-16-21(28)25-11-7-5-6-8-12-25/h9-10,13H,3-8,11-12,14-16H2,1-2H3. The van der Waals surface area contributed by atoms with Crippen LogP contribution in [0.15, 0.2) is 23.2 Å². The molecule has 2 heterocycles. The predicted molar refractivity (Wildman–Crippen MR) is 131 cm³/mol. The lowest BCUT2D eigenvalue weighted by Gasteiger charge is -2.19. The number of hydrogen-bond donors (Lipinski definition) is 0. The number of thiazole rings is 1. The van der Waals surface area contributed by atoms with Gasteiger partial charge in [-0.05, 0) is 44.9 Å². The molecule has 0 saturated carbocycles. The van der Waals surface area contributed by atoms with E-state index in [0.717, 1.165) is 41.9 Å².